The van der Waals surface area contributed by atoms with E-state index in [4.69, 9.17) is 18.7 Å². The molecule has 13 heteroatoms. The maximum absolute atomic E-state index is 14.2. The van der Waals surface area contributed by atoms with E-state index >= 15 is 0 Å². The first-order chi connectivity index (χ1) is 16.6. The molecule has 0 fully saturated rings. The lowest BCUT2D eigenvalue weighted by molar-refractivity contribution is -0.143. The Balaban J connectivity index is 1.90. The molecule has 188 valence electrons. The standard InChI is InChI=1S/C22H26N3O9P/c1-15-11-25(22(29)23-21(15)28)18-10-9-17(33-18)14-35(30,34-16-7-5-4-6-8-16)24(12-19(26)31-2)13-20(27)32-3/h4-11,17-18H,12-14H2,1-3H3,(H,23,28,29)/t17-,18+,35?/m0/s1. The van der Waals surface area contributed by atoms with E-state index in [0.717, 1.165) is 4.67 Å². The molecule has 0 bridgehead atoms. The van der Waals surface area contributed by atoms with Gasteiger partial charge in [-0.1, -0.05) is 24.3 Å². The number of hydrogen-bond acceptors (Lipinski definition) is 9. The summed E-state index contributed by atoms with van der Waals surface area (Å²) in [5, 5.41) is 0. The van der Waals surface area contributed by atoms with Crippen molar-refractivity contribution in [1.29, 1.82) is 0 Å². The van der Waals surface area contributed by atoms with Crippen LogP contribution in [0.3, 0.4) is 0 Å². The second kappa shape index (κ2) is 11.3. The van der Waals surface area contributed by atoms with Crippen LogP contribution in [0.2, 0.25) is 0 Å². The van der Waals surface area contributed by atoms with Gasteiger partial charge in [0.1, 0.15) is 18.8 Å². The molecule has 35 heavy (non-hydrogen) atoms. The van der Waals surface area contributed by atoms with Crippen molar-refractivity contribution in [2.24, 2.45) is 0 Å². The number of carbonyl (C=O) groups excluding carboxylic acids is 2. The molecule has 1 aromatic heterocycles. The molecule has 0 radical (unpaired) electrons. The van der Waals surface area contributed by atoms with Crippen LogP contribution in [-0.4, -0.2) is 65.7 Å². The number of carbonyl (C=O) groups is 2. The summed E-state index contributed by atoms with van der Waals surface area (Å²) in [5.41, 5.74) is -0.866. The number of esters is 2. The lowest BCUT2D eigenvalue weighted by atomic mass is 10.3. The van der Waals surface area contributed by atoms with E-state index < -0.39 is 56.1 Å². The molecule has 3 atom stereocenters. The van der Waals surface area contributed by atoms with Crippen LogP contribution in [0.1, 0.15) is 11.8 Å². The Labute approximate surface area is 200 Å². The predicted molar refractivity (Wildman–Crippen MR) is 124 cm³/mol. The molecule has 0 amide bonds. The number of benzene rings is 1. The molecule has 12 nitrogen and oxygen atoms in total. The van der Waals surface area contributed by atoms with Crippen molar-refractivity contribution in [1.82, 2.24) is 14.2 Å². The van der Waals surface area contributed by atoms with Crippen molar-refractivity contribution in [2.75, 3.05) is 33.5 Å². The van der Waals surface area contributed by atoms with Gasteiger partial charge in [-0.05, 0) is 25.1 Å². The van der Waals surface area contributed by atoms with Crippen molar-refractivity contribution in [3.8, 4) is 5.75 Å². The Bertz CT molecular complexity index is 1240. The van der Waals surface area contributed by atoms with Crippen molar-refractivity contribution in [3.05, 3.63) is 75.1 Å². The van der Waals surface area contributed by atoms with E-state index in [-0.39, 0.29) is 11.9 Å². The van der Waals surface area contributed by atoms with Gasteiger partial charge in [0.05, 0.1) is 26.5 Å². The Kier molecular flexibility index (Phi) is 8.44. The molecule has 1 unspecified atom stereocenters. The maximum Gasteiger partial charge on any atom is 0.330 e. The number of hydrogen-bond donors (Lipinski definition) is 1. The van der Waals surface area contributed by atoms with E-state index in [2.05, 4.69) is 4.98 Å². The molecule has 1 aliphatic heterocycles. The van der Waals surface area contributed by atoms with E-state index in [1.807, 2.05) is 0 Å². The number of aryl methyl sites for hydroxylation is 1. The van der Waals surface area contributed by atoms with E-state index in [0.29, 0.717) is 5.56 Å². The monoisotopic (exact) mass is 507 g/mol. The zero-order chi connectivity index (χ0) is 25.6. The van der Waals surface area contributed by atoms with Gasteiger partial charge in [-0.15, -0.1) is 0 Å². The summed E-state index contributed by atoms with van der Waals surface area (Å²) in [7, 11) is -1.64. The van der Waals surface area contributed by atoms with E-state index in [9.17, 15) is 23.7 Å². The number of aromatic nitrogens is 2. The SMILES string of the molecule is COC(=O)CN(CC(=O)OC)P(=O)(C[C@@H]1C=C[C@H](n2cc(C)c(=O)[nH]c2=O)O1)Oc1ccccc1. The van der Waals surface area contributed by atoms with Gasteiger partial charge >= 0.3 is 25.1 Å². The van der Waals surface area contributed by atoms with Crippen LogP contribution in [0.5, 0.6) is 5.75 Å². The normalized spacial score (nSPS) is 18.7. The summed E-state index contributed by atoms with van der Waals surface area (Å²) in [6.07, 6.45) is 2.57. The third-order valence-electron chi connectivity index (χ3n) is 5.14. The molecular formula is C22H26N3O9P. The fraction of sp³-hybridized carbons (Fsp3) is 0.364. The lowest BCUT2D eigenvalue weighted by Gasteiger charge is -2.31. The van der Waals surface area contributed by atoms with Gasteiger partial charge in [0.25, 0.3) is 5.56 Å². The fourth-order valence-electron chi connectivity index (χ4n) is 3.31. The Morgan fingerprint density at radius 3 is 2.31 bits per heavy atom. The molecule has 0 saturated heterocycles. The average Bonchev–Trinajstić information content (AvgIpc) is 3.28. The Morgan fingerprint density at radius 1 is 1.09 bits per heavy atom. The molecular weight excluding hydrogens is 481 g/mol. The summed E-state index contributed by atoms with van der Waals surface area (Å²) < 4.78 is 37.6. The predicted octanol–water partition coefficient (Wildman–Crippen LogP) is 1.22. The van der Waals surface area contributed by atoms with Crippen LogP contribution in [0.25, 0.3) is 0 Å². The summed E-state index contributed by atoms with van der Waals surface area (Å²) in [6, 6.07) is 8.26. The van der Waals surface area contributed by atoms with Crippen molar-refractivity contribution in [2.45, 2.75) is 19.3 Å². The minimum absolute atomic E-state index is 0.251. The van der Waals surface area contributed by atoms with Crippen molar-refractivity contribution >= 4 is 19.5 Å². The second-order valence-electron chi connectivity index (χ2n) is 7.63. The van der Waals surface area contributed by atoms with Crippen LogP contribution in [0.15, 0.2) is 58.3 Å². The second-order valence-corrected chi connectivity index (χ2v) is 10.0. The number of ether oxygens (including phenoxy) is 3. The van der Waals surface area contributed by atoms with Gasteiger partial charge in [0.2, 0.25) is 0 Å². The number of aromatic amines is 1. The summed E-state index contributed by atoms with van der Waals surface area (Å²) in [5.74, 6) is -1.22. The molecule has 0 spiro atoms. The molecule has 2 aromatic rings. The van der Waals surface area contributed by atoms with Crippen molar-refractivity contribution < 1.29 is 32.9 Å². The van der Waals surface area contributed by atoms with Crippen LogP contribution in [0, 0.1) is 6.92 Å². The van der Waals surface area contributed by atoms with Crippen LogP contribution in [-0.2, 0) is 28.4 Å². The molecule has 0 aliphatic carbocycles. The summed E-state index contributed by atoms with van der Waals surface area (Å²) in [6.45, 7) is 0.534. The van der Waals surface area contributed by atoms with Crippen LogP contribution < -0.4 is 15.8 Å². The molecule has 2 heterocycles. The third-order valence-corrected chi connectivity index (χ3v) is 7.60. The zero-order valence-corrected chi connectivity index (χ0v) is 20.3. The largest absolute Gasteiger partial charge is 0.468 e. The number of rotatable bonds is 10. The number of nitrogens with zero attached hydrogens (tertiary/aromatic N) is 2. The first-order valence-corrected chi connectivity index (χ1v) is 12.3. The molecule has 3 rings (SSSR count). The first-order valence-electron chi connectivity index (χ1n) is 10.5. The van der Waals surface area contributed by atoms with Crippen molar-refractivity contribution in [3.63, 3.8) is 0 Å². The molecule has 0 saturated carbocycles. The van der Waals surface area contributed by atoms with Gasteiger partial charge in [0.15, 0.2) is 6.23 Å². The number of para-hydroxylation sites is 1. The minimum Gasteiger partial charge on any atom is -0.468 e. The quantitative estimate of drug-likeness (QED) is 0.283. The molecule has 1 N–H and O–H groups in total. The van der Waals surface area contributed by atoms with E-state index in [1.54, 1.807) is 49.4 Å². The Hall–Kier alpha value is -3.47. The fourth-order valence-corrected chi connectivity index (χ4v) is 5.51. The van der Waals surface area contributed by atoms with Crippen LogP contribution >= 0.6 is 7.52 Å². The highest BCUT2D eigenvalue weighted by Crippen LogP contribution is 2.52. The topological polar surface area (TPSA) is 146 Å². The summed E-state index contributed by atoms with van der Waals surface area (Å²) >= 11 is 0. The van der Waals surface area contributed by atoms with Gasteiger partial charge in [-0.25, -0.2) is 4.79 Å². The zero-order valence-electron chi connectivity index (χ0n) is 19.4. The molecule has 1 aliphatic rings. The van der Waals surface area contributed by atoms with Gasteiger partial charge in [0, 0.05) is 11.8 Å². The number of nitrogens with one attached hydrogen (secondary N) is 1. The number of H-pyrrole nitrogens is 1. The minimum atomic E-state index is -3.97. The molecule has 1 aromatic carbocycles. The van der Waals surface area contributed by atoms with Crippen LogP contribution in [0.4, 0.5) is 0 Å². The van der Waals surface area contributed by atoms with Gasteiger partial charge in [-0.2, -0.15) is 4.67 Å². The highest BCUT2D eigenvalue weighted by molar-refractivity contribution is 7.57. The third kappa shape index (κ3) is 6.56. The Morgan fingerprint density at radius 2 is 1.71 bits per heavy atom. The van der Waals surface area contributed by atoms with E-state index in [1.165, 1.54) is 25.0 Å². The highest BCUT2D eigenvalue weighted by atomic mass is 31.2. The first kappa shape index (κ1) is 26.1. The maximum atomic E-state index is 14.2. The van der Waals surface area contributed by atoms with Gasteiger partial charge < -0.3 is 18.7 Å². The highest BCUT2D eigenvalue weighted by Gasteiger charge is 2.40. The summed E-state index contributed by atoms with van der Waals surface area (Å²) in [4.78, 5) is 50.2. The lowest BCUT2D eigenvalue weighted by Crippen LogP contribution is -2.37. The van der Waals surface area contributed by atoms with Gasteiger partial charge in [-0.3, -0.25) is 28.5 Å². The number of methoxy groups -OCH3 is 2. The smallest absolute Gasteiger partial charge is 0.330 e. The average molecular weight is 507 g/mol.